The van der Waals surface area contributed by atoms with Crippen molar-refractivity contribution in [2.24, 2.45) is 11.7 Å². The van der Waals surface area contributed by atoms with Crippen LogP contribution < -0.4 is 5.73 Å². The van der Waals surface area contributed by atoms with Gasteiger partial charge in [0, 0.05) is 19.7 Å². The number of piperidine rings is 1. The topological polar surface area (TPSA) is 55.6 Å². The number of carbonyl (C=O) groups excluding carboxylic acids is 1. The first-order valence-electron chi connectivity index (χ1n) is 9.25. The van der Waals surface area contributed by atoms with Crippen LogP contribution in [0.25, 0.3) is 0 Å². The largest absolute Gasteiger partial charge is 0.378 e. The molecule has 2 N–H and O–H groups in total. The zero-order valence-electron chi connectivity index (χ0n) is 15.2. The molecule has 24 heavy (non-hydrogen) atoms. The molecule has 0 unspecified atom stereocenters. The fraction of sp³-hybridized carbons (Fsp3) is 0.650. The Morgan fingerprint density at radius 1 is 1.21 bits per heavy atom. The van der Waals surface area contributed by atoms with Crippen LogP contribution in [0.2, 0.25) is 0 Å². The molecule has 1 fully saturated rings. The number of amides is 1. The Balaban J connectivity index is 1.75. The smallest absolute Gasteiger partial charge is 0.226 e. The van der Waals surface area contributed by atoms with E-state index in [0.717, 1.165) is 50.9 Å². The molecule has 1 aliphatic heterocycles. The number of carbonyl (C=O) groups is 1. The Morgan fingerprint density at radius 3 is 2.42 bits per heavy atom. The Hall–Kier alpha value is -1.39. The number of hydrogen-bond acceptors (Lipinski definition) is 3. The number of benzene rings is 1. The maximum absolute atomic E-state index is 12.5. The van der Waals surface area contributed by atoms with E-state index in [0.29, 0.717) is 18.9 Å². The molecule has 0 radical (unpaired) electrons. The van der Waals surface area contributed by atoms with E-state index in [-0.39, 0.29) is 12.0 Å². The van der Waals surface area contributed by atoms with E-state index in [4.69, 9.17) is 10.5 Å². The quantitative estimate of drug-likeness (QED) is 0.745. The molecular weight excluding hydrogens is 300 g/mol. The van der Waals surface area contributed by atoms with Gasteiger partial charge in [0.05, 0.1) is 12.5 Å². The van der Waals surface area contributed by atoms with Gasteiger partial charge >= 0.3 is 0 Å². The maximum atomic E-state index is 12.5. The lowest BCUT2D eigenvalue weighted by Gasteiger charge is -2.32. The Kier molecular flexibility index (Phi) is 7.73. The maximum Gasteiger partial charge on any atom is 0.226 e. The first-order chi connectivity index (χ1) is 11.6. The highest BCUT2D eigenvalue weighted by Crippen LogP contribution is 2.16. The van der Waals surface area contributed by atoms with Gasteiger partial charge in [-0.2, -0.15) is 0 Å². The number of nitrogens with zero attached hydrogens (tertiary/aromatic N) is 1. The molecular formula is C20H32N2O2. The summed E-state index contributed by atoms with van der Waals surface area (Å²) in [7, 11) is 0. The second-order valence-electron chi connectivity index (χ2n) is 7.18. The van der Waals surface area contributed by atoms with Crippen LogP contribution in [0.15, 0.2) is 24.3 Å². The summed E-state index contributed by atoms with van der Waals surface area (Å²) in [6.45, 7) is 7.46. The molecule has 0 saturated carbocycles. The number of hydrogen-bond donors (Lipinski definition) is 1. The molecule has 4 nitrogen and oxygen atoms in total. The van der Waals surface area contributed by atoms with Crippen molar-refractivity contribution in [2.45, 2.75) is 52.1 Å². The number of rotatable bonds is 8. The summed E-state index contributed by atoms with van der Waals surface area (Å²) in [6.07, 6.45) is 4.65. The second kappa shape index (κ2) is 9.80. The molecule has 1 heterocycles. The van der Waals surface area contributed by atoms with Gasteiger partial charge in [-0.15, -0.1) is 0 Å². The Morgan fingerprint density at radius 2 is 1.83 bits per heavy atom. The molecule has 1 saturated heterocycles. The lowest BCUT2D eigenvalue weighted by molar-refractivity contribution is -0.133. The van der Waals surface area contributed by atoms with Crippen molar-refractivity contribution in [1.29, 1.82) is 0 Å². The number of nitrogens with two attached hydrogens (primary N) is 1. The molecule has 1 aromatic rings. The van der Waals surface area contributed by atoms with Gasteiger partial charge < -0.3 is 15.4 Å². The molecule has 0 aliphatic carbocycles. The molecule has 1 amide bonds. The van der Waals surface area contributed by atoms with Crippen LogP contribution in [0.4, 0.5) is 0 Å². The summed E-state index contributed by atoms with van der Waals surface area (Å²) in [5.41, 5.74) is 7.93. The van der Waals surface area contributed by atoms with Crippen LogP contribution in [0.3, 0.4) is 0 Å². The SMILES string of the molecule is CC(C)Cc1ccc(CC(=O)N2CCC(OCCCN)CC2)cc1. The molecule has 134 valence electrons. The highest BCUT2D eigenvalue weighted by atomic mass is 16.5. The van der Waals surface area contributed by atoms with Crippen LogP contribution >= 0.6 is 0 Å². The molecule has 0 aromatic heterocycles. The fourth-order valence-electron chi connectivity index (χ4n) is 3.16. The molecule has 0 atom stereocenters. The molecule has 1 aliphatic rings. The predicted molar refractivity (Wildman–Crippen MR) is 97.9 cm³/mol. The summed E-state index contributed by atoms with van der Waals surface area (Å²) < 4.78 is 5.80. The Labute approximate surface area is 146 Å². The molecule has 0 bridgehead atoms. The van der Waals surface area contributed by atoms with E-state index in [9.17, 15) is 4.79 Å². The van der Waals surface area contributed by atoms with Gasteiger partial charge in [-0.25, -0.2) is 0 Å². The van der Waals surface area contributed by atoms with E-state index in [1.165, 1.54) is 5.56 Å². The number of likely N-dealkylation sites (tertiary alicyclic amines) is 1. The van der Waals surface area contributed by atoms with E-state index >= 15 is 0 Å². The monoisotopic (exact) mass is 332 g/mol. The first kappa shape index (κ1) is 18.9. The summed E-state index contributed by atoms with van der Waals surface area (Å²) in [5, 5.41) is 0. The minimum absolute atomic E-state index is 0.229. The highest BCUT2D eigenvalue weighted by molar-refractivity contribution is 5.78. The normalized spacial score (nSPS) is 15.9. The summed E-state index contributed by atoms with van der Waals surface area (Å²) >= 11 is 0. The number of ether oxygens (including phenoxy) is 1. The average molecular weight is 332 g/mol. The van der Waals surface area contributed by atoms with Crippen molar-refractivity contribution in [3.05, 3.63) is 35.4 Å². The minimum Gasteiger partial charge on any atom is -0.378 e. The van der Waals surface area contributed by atoms with Crippen molar-refractivity contribution in [3.63, 3.8) is 0 Å². The molecule has 1 aromatic carbocycles. The zero-order chi connectivity index (χ0) is 17.4. The Bertz CT molecular complexity index is 491. The molecule has 4 heteroatoms. The van der Waals surface area contributed by atoms with Crippen LogP contribution in [0.5, 0.6) is 0 Å². The van der Waals surface area contributed by atoms with Gasteiger partial charge in [0.1, 0.15) is 0 Å². The summed E-state index contributed by atoms with van der Waals surface area (Å²) in [5.74, 6) is 0.887. The summed E-state index contributed by atoms with van der Waals surface area (Å²) in [6, 6.07) is 8.50. The van der Waals surface area contributed by atoms with Crippen molar-refractivity contribution < 1.29 is 9.53 Å². The van der Waals surface area contributed by atoms with Crippen LogP contribution in [-0.2, 0) is 22.4 Å². The van der Waals surface area contributed by atoms with Crippen molar-refractivity contribution in [1.82, 2.24) is 4.90 Å². The van der Waals surface area contributed by atoms with Gasteiger partial charge in [0.2, 0.25) is 5.91 Å². The van der Waals surface area contributed by atoms with Gasteiger partial charge in [0.15, 0.2) is 0 Å². The van der Waals surface area contributed by atoms with E-state index in [1.807, 2.05) is 4.90 Å². The lowest BCUT2D eigenvalue weighted by Crippen LogP contribution is -2.41. The second-order valence-corrected chi connectivity index (χ2v) is 7.18. The lowest BCUT2D eigenvalue weighted by atomic mass is 10.0. The molecule has 2 rings (SSSR count). The third-order valence-electron chi connectivity index (χ3n) is 4.52. The van der Waals surface area contributed by atoms with Gasteiger partial charge in [-0.05, 0) is 49.3 Å². The zero-order valence-corrected chi connectivity index (χ0v) is 15.2. The predicted octanol–water partition coefficient (Wildman–Crippen LogP) is 2.78. The van der Waals surface area contributed by atoms with Crippen molar-refractivity contribution in [2.75, 3.05) is 26.2 Å². The van der Waals surface area contributed by atoms with Gasteiger partial charge in [-0.1, -0.05) is 38.1 Å². The van der Waals surface area contributed by atoms with Crippen molar-refractivity contribution >= 4 is 5.91 Å². The summed E-state index contributed by atoms with van der Waals surface area (Å²) in [4.78, 5) is 14.4. The minimum atomic E-state index is 0.229. The van der Waals surface area contributed by atoms with Crippen molar-refractivity contribution in [3.8, 4) is 0 Å². The van der Waals surface area contributed by atoms with Crippen LogP contribution in [-0.4, -0.2) is 43.2 Å². The van der Waals surface area contributed by atoms with E-state index in [1.54, 1.807) is 0 Å². The fourth-order valence-corrected chi connectivity index (χ4v) is 3.16. The highest BCUT2D eigenvalue weighted by Gasteiger charge is 2.23. The van der Waals surface area contributed by atoms with E-state index in [2.05, 4.69) is 38.1 Å². The van der Waals surface area contributed by atoms with E-state index < -0.39 is 0 Å². The van der Waals surface area contributed by atoms with Crippen LogP contribution in [0, 0.1) is 5.92 Å². The first-order valence-corrected chi connectivity index (χ1v) is 9.25. The molecule has 0 spiro atoms. The third-order valence-corrected chi connectivity index (χ3v) is 4.52. The van der Waals surface area contributed by atoms with Gasteiger partial charge in [0.25, 0.3) is 0 Å². The standard InChI is InChI=1S/C20H32N2O2/c1-16(2)14-17-4-6-18(7-5-17)15-20(23)22-11-8-19(9-12-22)24-13-3-10-21/h4-7,16,19H,3,8-15,21H2,1-2H3. The third kappa shape index (κ3) is 6.25. The van der Waals surface area contributed by atoms with Crippen LogP contribution in [0.1, 0.15) is 44.2 Å². The van der Waals surface area contributed by atoms with Gasteiger partial charge in [-0.3, -0.25) is 4.79 Å². The average Bonchev–Trinajstić information content (AvgIpc) is 2.57.